The number of allylic oxidation sites excluding steroid dienone is 2. The molecule has 2 aromatic carbocycles. The van der Waals surface area contributed by atoms with E-state index in [0.717, 1.165) is 11.1 Å². The number of para-hydroxylation sites is 1. The number of methoxy groups -OCH3 is 3. The van der Waals surface area contributed by atoms with Gasteiger partial charge in [-0.15, -0.1) is 0 Å². The third-order valence-corrected chi connectivity index (χ3v) is 5.93. The van der Waals surface area contributed by atoms with Gasteiger partial charge >= 0.3 is 0 Å². The van der Waals surface area contributed by atoms with E-state index in [2.05, 4.69) is 5.32 Å². The fourth-order valence-corrected chi connectivity index (χ4v) is 4.56. The van der Waals surface area contributed by atoms with Gasteiger partial charge in [0.1, 0.15) is 17.2 Å². The molecule has 2 atom stereocenters. The summed E-state index contributed by atoms with van der Waals surface area (Å²) in [6.07, 6.45) is 1.14. The summed E-state index contributed by atoms with van der Waals surface area (Å²) in [6, 6.07) is 13.2. The van der Waals surface area contributed by atoms with Crippen molar-refractivity contribution in [3.8, 4) is 17.2 Å². The van der Waals surface area contributed by atoms with Crippen molar-refractivity contribution in [3.05, 3.63) is 64.9 Å². The molecule has 0 unspecified atom stereocenters. The topological polar surface area (TPSA) is 73.9 Å². The molecule has 0 saturated carbocycles. The normalized spacial score (nSPS) is 21.0. The van der Waals surface area contributed by atoms with Crippen LogP contribution in [0.2, 0.25) is 0 Å². The van der Waals surface area contributed by atoms with Gasteiger partial charge in [-0.3, -0.25) is 9.59 Å². The second-order valence-electron chi connectivity index (χ2n) is 7.58. The van der Waals surface area contributed by atoms with E-state index >= 15 is 0 Å². The monoisotopic (exact) mass is 407 g/mol. The lowest BCUT2D eigenvalue weighted by atomic mass is 9.73. The van der Waals surface area contributed by atoms with Crippen molar-refractivity contribution in [2.24, 2.45) is 0 Å². The Morgan fingerprint density at radius 2 is 1.57 bits per heavy atom. The first-order chi connectivity index (χ1) is 14.5. The average molecular weight is 407 g/mol. The molecule has 4 rings (SSSR count). The van der Waals surface area contributed by atoms with Crippen LogP contribution in [0.3, 0.4) is 0 Å². The standard InChI is InChI=1S/C24H25NO5/c1-28-15-8-9-22(30-3)17(12-15)14-10-19-24(20(26)11-14)18(13-23(27)25-19)16-6-4-5-7-21(16)29-2/h4-9,12,14,18H,10-11,13H2,1-3H3,(H,25,27)/t14-,18-/m0/s1. The summed E-state index contributed by atoms with van der Waals surface area (Å²) in [4.78, 5) is 25.9. The Morgan fingerprint density at radius 3 is 2.30 bits per heavy atom. The maximum absolute atomic E-state index is 13.3. The summed E-state index contributed by atoms with van der Waals surface area (Å²) < 4.78 is 16.4. The van der Waals surface area contributed by atoms with Crippen LogP contribution in [0, 0.1) is 0 Å². The number of Topliss-reactive ketones (excluding diaryl/α,β-unsaturated/α-hetero) is 1. The van der Waals surface area contributed by atoms with Gasteiger partial charge in [-0.25, -0.2) is 0 Å². The molecule has 6 heteroatoms. The summed E-state index contributed by atoms with van der Waals surface area (Å²) in [6.45, 7) is 0. The van der Waals surface area contributed by atoms with Crippen molar-refractivity contribution in [2.75, 3.05) is 21.3 Å². The van der Waals surface area contributed by atoms with Gasteiger partial charge in [-0.2, -0.15) is 0 Å². The SMILES string of the molecule is COc1ccc(OC)c([C@@H]2CC(=O)C3=C(C2)NC(=O)C[C@H]3c2ccccc2OC)c1. The van der Waals surface area contributed by atoms with Crippen molar-refractivity contribution in [3.63, 3.8) is 0 Å². The minimum Gasteiger partial charge on any atom is -0.497 e. The van der Waals surface area contributed by atoms with Crippen molar-refractivity contribution in [1.29, 1.82) is 0 Å². The lowest BCUT2D eigenvalue weighted by molar-refractivity contribution is -0.122. The van der Waals surface area contributed by atoms with E-state index in [1.807, 2.05) is 42.5 Å². The third-order valence-electron chi connectivity index (χ3n) is 5.93. The summed E-state index contributed by atoms with van der Waals surface area (Å²) >= 11 is 0. The van der Waals surface area contributed by atoms with Crippen LogP contribution in [0.25, 0.3) is 0 Å². The predicted molar refractivity (Wildman–Crippen MR) is 112 cm³/mol. The molecule has 0 saturated heterocycles. The molecular formula is C24H25NO5. The number of ketones is 1. The highest BCUT2D eigenvalue weighted by molar-refractivity contribution is 6.02. The van der Waals surface area contributed by atoms with Crippen LogP contribution in [0.15, 0.2) is 53.7 Å². The Morgan fingerprint density at radius 1 is 0.833 bits per heavy atom. The van der Waals surface area contributed by atoms with E-state index in [9.17, 15) is 9.59 Å². The molecule has 0 fully saturated rings. The molecular weight excluding hydrogens is 382 g/mol. The van der Waals surface area contributed by atoms with Crippen LogP contribution in [0.4, 0.5) is 0 Å². The first-order valence-electron chi connectivity index (χ1n) is 9.96. The smallest absolute Gasteiger partial charge is 0.225 e. The van der Waals surface area contributed by atoms with Crippen molar-refractivity contribution in [1.82, 2.24) is 5.32 Å². The molecule has 0 spiro atoms. The van der Waals surface area contributed by atoms with Gasteiger partial charge in [0, 0.05) is 47.1 Å². The zero-order valence-electron chi connectivity index (χ0n) is 17.4. The van der Waals surface area contributed by atoms with Gasteiger partial charge in [0.15, 0.2) is 5.78 Å². The molecule has 1 N–H and O–H groups in total. The largest absolute Gasteiger partial charge is 0.497 e. The molecule has 0 bridgehead atoms. The molecule has 1 heterocycles. The summed E-state index contributed by atoms with van der Waals surface area (Å²) in [5.41, 5.74) is 3.17. The number of benzene rings is 2. The fourth-order valence-electron chi connectivity index (χ4n) is 4.56. The van der Waals surface area contributed by atoms with E-state index in [0.29, 0.717) is 41.4 Å². The van der Waals surface area contributed by atoms with Gasteiger partial charge in [0.25, 0.3) is 0 Å². The van der Waals surface area contributed by atoms with E-state index in [4.69, 9.17) is 14.2 Å². The third kappa shape index (κ3) is 3.54. The number of amides is 1. The Labute approximate surface area is 175 Å². The van der Waals surface area contributed by atoms with Gasteiger partial charge in [-0.05, 0) is 30.7 Å². The highest BCUT2D eigenvalue weighted by atomic mass is 16.5. The van der Waals surface area contributed by atoms with Gasteiger partial charge in [0.05, 0.1) is 21.3 Å². The van der Waals surface area contributed by atoms with Crippen molar-refractivity contribution >= 4 is 11.7 Å². The maximum Gasteiger partial charge on any atom is 0.225 e. The number of hydrogen-bond acceptors (Lipinski definition) is 5. The molecule has 2 aliphatic rings. The quantitative estimate of drug-likeness (QED) is 0.818. The fraction of sp³-hybridized carbons (Fsp3) is 0.333. The number of hydrogen-bond donors (Lipinski definition) is 1. The minimum atomic E-state index is -0.300. The molecule has 156 valence electrons. The van der Waals surface area contributed by atoms with Gasteiger partial charge < -0.3 is 19.5 Å². The molecule has 1 amide bonds. The second kappa shape index (κ2) is 8.22. The number of rotatable bonds is 5. The van der Waals surface area contributed by atoms with Crippen LogP contribution in [-0.2, 0) is 9.59 Å². The second-order valence-corrected chi connectivity index (χ2v) is 7.58. The zero-order valence-corrected chi connectivity index (χ0v) is 17.4. The Hall–Kier alpha value is -3.28. The van der Waals surface area contributed by atoms with Gasteiger partial charge in [0.2, 0.25) is 5.91 Å². The molecule has 1 aliphatic carbocycles. The molecule has 6 nitrogen and oxygen atoms in total. The minimum absolute atomic E-state index is 0.0435. The lowest BCUT2D eigenvalue weighted by Gasteiger charge is -2.35. The van der Waals surface area contributed by atoms with E-state index in [1.165, 1.54) is 0 Å². The van der Waals surface area contributed by atoms with Gasteiger partial charge in [-0.1, -0.05) is 18.2 Å². The molecule has 30 heavy (non-hydrogen) atoms. The van der Waals surface area contributed by atoms with E-state index < -0.39 is 0 Å². The Bertz CT molecular complexity index is 1030. The molecule has 1 aliphatic heterocycles. The number of nitrogens with one attached hydrogen (secondary N) is 1. The van der Waals surface area contributed by atoms with E-state index in [1.54, 1.807) is 21.3 Å². The number of carbonyl (C=O) groups excluding carboxylic acids is 2. The lowest BCUT2D eigenvalue weighted by Crippen LogP contribution is -2.38. The highest BCUT2D eigenvalue weighted by Gasteiger charge is 2.39. The molecule has 0 radical (unpaired) electrons. The van der Waals surface area contributed by atoms with Crippen LogP contribution < -0.4 is 19.5 Å². The van der Waals surface area contributed by atoms with Crippen LogP contribution >= 0.6 is 0 Å². The maximum atomic E-state index is 13.3. The molecule has 0 aromatic heterocycles. The van der Waals surface area contributed by atoms with Crippen LogP contribution in [0.1, 0.15) is 42.2 Å². The first kappa shape index (κ1) is 20.0. The Balaban J connectivity index is 1.75. The van der Waals surface area contributed by atoms with Crippen LogP contribution in [-0.4, -0.2) is 33.0 Å². The highest BCUT2D eigenvalue weighted by Crippen LogP contribution is 2.46. The van der Waals surface area contributed by atoms with Crippen molar-refractivity contribution < 1.29 is 23.8 Å². The average Bonchev–Trinajstić information content (AvgIpc) is 2.77. The number of ether oxygens (including phenoxy) is 3. The zero-order chi connectivity index (χ0) is 21.3. The van der Waals surface area contributed by atoms with Crippen molar-refractivity contribution in [2.45, 2.75) is 31.1 Å². The first-order valence-corrected chi connectivity index (χ1v) is 9.96. The number of carbonyl (C=O) groups is 2. The summed E-state index contributed by atoms with van der Waals surface area (Å²) in [5.74, 6) is 1.66. The Kier molecular flexibility index (Phi) is 5.48. The van der Waals surface area contributed by atoms with Crippen LogP contribution in [0.5, 0.6) is 17.2 Å². The summed E-state index contributed by atoms with van der Waals surface area (Å²) in [5, 5.41) is 2.96. The summed E-state index contributed by atoms with van der Waals surface area (Å²) in [7, 11) is 4.82. The van der Waals surface area contributed by atoms with E-state index in [-0.39, 0.29) is 29.9 Å². The predicted octanol–water partition coefficient (Wildman–Crippen LogP) is 3.72. The molecule has 2 aromatic rings.